The Morgan fingerprint density at radius 1 is 1.31 bits per heavy atom. The van der Waals surface area contributed by atoms with Crippen molar-refractivity contribution >= 4 is 28.4 Å². The van der Waals surface area contributed by atoms with Gasteiger partial charge in [-0.25, -0.2) is 14.8 Å². The number of aromatic nitrogens is 1. The molecule has 1 N–H and O–H groups in total. The Bertz CT molecular complexity index is 730. The lowest BCUT2D eigenvalue weighted by Gasteiger charge is -2.37. The number of aliphatic imine (C=N–C) groups is 1. The van der Waals surface area contributed by atoms with Crippen LogP contribution in [0.1, 0.15) is 64.5 Å². The van der Waals surface area contributed by atoms with E-state index < -0.39 is 6.09 Å². The lowest BCUT2D eigenvalue weighted by Crippen LogP contribution is -2.36. The highest BCUT2D eigenvalue weighted by Crippen LogP contribution is 2.49. The first-order valence-electron chi connectivity index (χ1n) is 9.17. The van der Waals surface area contributed by atoms with Crippen LogP contribution in [0.3, 0.4) is 0 Å². The average Bonchev–Trinajstić information content (AvgIpc) is 3.05. The van der Waals surface area contributed by atoms with Gasteiger partial charge in [0.1, 0.15) is 12.5 Å². The van der Waals surface area contributed by atoms with Crippen molar-refractivity contribution in [2.45, 2.75) is 64.7 Å². The zero-order valence-electron chi connectivity index (χ0n) is 16.2. The molecular weight excluding hydrogens is 348 g/mol. The molecule has 0 atom stereocenters. The fourth-order valence-electron chi connectivity index (χ4n) is 3.44. The fourth-order valence-corrected chi connectivity index (χ4v) is 4.85. The minimum absolute atomic E-state index is 0.0851. The molecule has 1 aromatic heterocycles. The number of thiazole rings is 1. The Hall–Kier alpha value is -1.89. The molecule has 0 spiro atoms. The monoisotopic (exact) mass is 376 g/mol. The van der Waals surface area contributed by atoms with Gasteiger partial charge in [0.2, 0.25) is 0 Å². The number of carboxylic acid groups (broad SMARTS) is 1. The van der Waals surface area contributed by atoms with E-state index in [1.807, 2.05) is 0 Å². The first kappa shape index (κ1) is 18.9. The van der Waals surface area contributed by atoms with Crippen molar-refractivity contribution in [2.75, 3.05) is 18.1 Å². The van der Waals surface area contributed by atoms with E-state index in [4.69, 9.17) is 10.1 Å². The van der Waals surface area contributed by atoms with Crippen LogP contribution in [-0.2, 0) is 10.8 Å². The molecule has 6 nitrogen and oxygen atoms in total. The van der Waals surface area contributed by atoms with Gasteiger partial charge in [0.05, 0.1) is 5.69 Å². The summed E-state index contributed by atoms with van der Waals surface area (Å²) in [4.78, 5) is 25.3. The number of hydrogen-bond acceptors (Lipinski definition) is 5. The molecule has 1 amide bonds. The van der Waals surface area contributed by atoms with E-state index in [1.165, 1.54) is 15.5 Å². The van der Waals surface area contributed by atoms with Crippen molar-refractivity contribution in [2.24, 2.45) is 4.99 Å². The molecule has 0 fully saturated rings. The highest BCUT2D eigenvalue weighted by atomic mass is 32.1. The predicted octanol–water partition coefficient (Wildman–Crippen LogP) is 4.57. The van der Waals surface area contributed by atoms with E-state index in [1.54, 1.807) is 23.6 Å². The van der Waals surface area contributed by atoms with E-state index in [2.05, 4.69) is 44.5 Å². The maximum atomic E-state index is 11.1. The Morgan fingerprint density at radius 2 is 2.00 bits per heavy atom. The van der Waals surface area contributed by atoms with Crippen LogP contribution in [0.5, 0.6) is 0 Å². The lowest BCUT2D eigenvalue weighted by atomic mass is 9.69. The van der Waals surface area contributed by atoms with E-state index >= 15 is 0 Å². The molecule has 0 unspecified atom stereocenters. The second-order valence-electron chi connectivity index (χ2n) is 8.32. The summed E-state index contributed by atoms with van der Waals surface area (Å²) in [6.07, 6.45) is 5.62. The number of hydrogen-bond donors (Lipinski definition) is 1. The largest absolute Gasteiger partial charge is 0.465 e. The summed E-state index contributed by atoms with van der Waals surface area (Å²) in [7, 11) is 0. The quantitative estimate of drug-likeness (QED) is 0.839. The third-order valence-electron chi connectivity index (χ3n) is 5.24. The van der Waals surface area contributed by atoms with Crippen molar-refractivity contribution in [3.63, 3.8) is 0 Å². The van der Waals surface area contributed by atoms with Crippen LogP contribution in [0.25, 0.3) is 0 Å². The summed E-state index contributed by atoms with van der Waals surface area (Å²) >= 11 is 1.76. The van der Waals surface area contributed by atoms with Gasteiger partial charge in [0, 0.05) is 28.5 Å². The van der Waals surface area contributed by atoms with Gasteiger partial charge in [-0.05, 0) is 25.3 Å². The molecule has 2 aliphatic rings. The van der Waals surface area contributed by atoms with Gasteiger partial charge >= 0.3 is 6.09 Å². The van der Waals surface area contributed by atoms with Crippen LogP contribution in [0.4, 0.5) is 9.93 Å². The summed E-state index contributed by atoms with van der Waals surface area (Å²) in [5, 5.41) is 10.1. The van der Waals surface area contributed by atoms with Gasteiger partial charge in [0.25, 0.3) is 0 Å². The molecule has 0 bridgehead atoms. The highest BCUT2D eigenvalue weighted by Gasteiger charge is 2.41. The molecule has 142 valence electrons. The van der Waals surface area contributed by atoms with Gasteiger partial charge in [-0.2, -0.15) is 0 Å². The second kappa shape index (κ2) is 6.68. The van der Waals surface area contributed by atoms with Gasteiger partial charge in [-0.3, -0.25) is 4.90 Å². The van der Waals surface area contributed by atoms with Crippen LogP contribution < -0.4 is 4.90 Å². The van der Waals surface area contributed by atoms with Gasteiger partial charge in [-0.1, -0.05) is 34.6 Å². The van der Waals surface area contributed by atoms with Gasteiger partial charge in [-0.15, -0.1) is 11.3 Å². The topological polar surface area (TPSA) is 69.0 Å². The SMILES string of the molecule is CCCN(C1=NCN(C(=O)O)C=C1)c1nc2c(s1)C(C)(C)CCC2(C)C. The molecule has 7 heteroatoms. The predicted molar refractivity (Wildman–Crippen MR) is 106 cm³/mol. The van der Waals surface area contributed by atoms with Gasteiger partial charge in [0.15, 0.2) is 5.13 Å². The Kier molecular flexibility index (Phi) is 4.86. The number of fused-ring (bicyclic) bond motifs is 1. The minimum Gasteiger partial charge on any atom is -0.465 e. The van der Waals surface area contributed by atoms with Crippen LogP contribution in [0.2, 0.25) is 0 Å². The first-order chi connectivity index (χ1) is 12.2. The van der Waals surface area contributed by atoms with Crippen molar-refractivity contribution < 1.29 is 9.90 Å². The Morgan fingerprint density at radius 3 is 2.54 bits per heavy atom. The molecule has 3 rings (SSSR count). The van der Waals surface area contributed by atoms with E-state index in [-0.39, 0.29) is 17.5 Å². The average molecular weight is 377 g/mol. The number of anilines is 1. The molecule has 0 saturated heterocycles. The Labute approximate surface area is 159 Å². The summed E-state index contributed by atoms with van der Waals surface area (Å²) in [6, 6.07) is 0. The van der Waals surface area contributed by atoms with Crippen LogP contribution >= 0.6 is 11.3 Å². The Balaban J connectivity index is 1.97. The summed E-state index contributed by atoms with van der Waals surface area (Å²) in [5.74, 6) is 0.783. The third kappa shape index (κ3) is 3.37. The fraction of sp³-hybridized carbons (Fsp3) is 0.632. The third-order valence-corrected chi connectivity index (χ3v) is 6.68. The number of nitrogens with zero attached hydrogens (tertiary/aromatic N) is 4. The summed E-state index contributed by atoms with van der Waals surface area (Å²) < 4.78 is 0. The molecule has 26 heavy (non-hydrogen) atoms. The molecule has 0 aromatic carbocycles. The molecule has 1 aliphatic carbocycles. The zero-order chi connectivity index (χ0) is 19.1. The molecule has 1 aliphatic heterocycles. The van der Waals surface area contributed by atoms with Crippen molar-refractivity contribution in [3.05, 3.63) is 22.8 Å². The first-order valence-corrected chi connectivity index (χ1v) is 9.99. The van der Waals surface area contributed by atoms with E-state index in [0.717, 1.165) is 36.8 Å². The highest BCUT2D eigenvalue weighted by molar-refractivity contribution is 7.16. The lowest BCUT2D eigenvalue weighted by molar-refractivity contribution is 0.163. The maximum Gasteiger partial charge on any atom is 0.412 e. The number of rotatable bonds is 3. The summed E-state index contributed by atoms with van der Waals surface area (Å²) in [5.41, 5.74) is 1.44. The molecule has 2 heterocycles. The molecule has 0 saturated carbocycles. The van der Waals surface area contributed by atoms with Crippen molar-refractivity contribution in [1.82, 2.24) is 9.88 Å². The van der Waals surface area contributed by atoms with Crippen molar-refractivity contribution in [3.8, 4) is 0 Å². The molecule has 0 radical (unpaired) electrons. The van der Waals surface area contributed by atoms with Gasteiger partial charge < -0.3 is 10.0 Å². The molecular formula is C19H28N4O2S. The number of carbonyl (C=O) groups is 1. The smallest absolute Gasteiger partial charge is 0.412 e. The van der Waals surface area contributed by atoms with Crippen LogP contribution in [0.15, 0.2) is 17.3 Å². The van der Waals surface area contributed by atoms with E-state index in [9.17, 15) is 4.79 Å². The maximum absolute atomic E-state index is 11.1. The van der Waals surface area contributed by atoms with E-state index in [0.29, 0.717) is 0 Å². The second-order valence-corrected chi connectivity index (χ2v) is 9.30. The number of amides is 1. The summed E-state index contributed by atoms with van der Waals surface area (Å²) in [6.45, 7) is 12.2. The minimum atomic E-state index is -0.987. The standard InChI is InChI=1S/C19H28N4O2S/c1-6-10-23(13-7-11-22(12-20-13)17(24)25)16-21-14-15(26-16)19(4,5)9-8-18(14,2)3/h7,11H,6,8-10,12H2,1-5H3,(H,24,25). The molecule has 1 aromatic rings. The van der Waals surface area contributed by atoms with Crippen molar-refractivity contribution in [1.29, 1.82) is 0 Å². The van der Waals surface area contributed by atoms with Crippen LogP contribution in [0, 0.1) is 0 Å². The number of amidine groups is 1. The zero-order valence-corrected chi connectivity index (χ0v) is 17.1. The normalized spacial score (nSPS) is 20.5. The van der Waals surface area contributed by atoms with Crippen LogP contribution in [-0.4, -0.2) is 40.1 Å².